The van der Waals surface area contributed by atoms with E-state index in [0.29, 0.717) is 0 Å². The van der Waals surface area contributed by atoms with Gasteiger partial charge in [0.15, 0.2) is 0 Å². The fourth-order valence-corrected chi connectivity index (χ4v) is 0. The summed E-state index contributed by atoms with van der Waals surface area (Å²) in [5.41, 5.74) is 0. The summed E-state index contributed by atoms with van der Waals surface area (Å²) < 4.78 is 0. The molecule has 0 atom stereocenters. The summed E-state index contributed by atoms with van der Waals surface area (Å²) >= 11 is 0. The van der Waals surface area contributed by atoms with Gasteiger partial charge in [-0.25, -0.2) is 0 Å². The van der Waals surface area contributed by atoms with Crippen LogP contribution in [0.15, 0.2) is 0 Å². The van der Waals surface area contributed by atoms with Gasteiger partial charge in [0.25, 0.3) is 0 Å². The Bertz CT molecular complexity index is 4.85. The SMILES string of the molecule is [CH2-]C.[CH3-].[Li+].[Li+]. The smallest absolute Gasteiger partial charge is 0.358 e. The van der Waals surface area contributed by atoms with Gasteiger partial charge >= 0.3 is 37.7 Å². The summed E-state index contributed by atoms with van der Waals surface area (Å²) in [6.07, 6.45) is 0. The summed E-state index contributed by atoms with van der Waals surface area (Å²) in [4.78, 5) is 0. The summed E-state index contributed by atoms with van der Waals surface area (Å²) in [5, 5.41) is 0. The monoisotopic (exact) mass is 58.1 g/mol. The minimum atomic E-state index is 0. The van der Waals surface area contributed by atoms with Gasteiger partial charge in [0, 0.05) is 0 Å². The Kier molecular flexibility index (Phi) is 444. The van der Waals surface area contributed by atoms with Crippen LogP contribution in [0.5, 0.6) is 0 Å². The zero-order valence-corrected chi connectivity index (χ0v) is 4.71. The zero-order chi connectivity index (χ0) is 2.00. The minimum absolute atomic E-state index is 0. The van der Waals surface area contributed by atoms with E-state index in [1.54, 1.807) is 6.92 Å². The minimum Gasteiger partial charge on any atom is -0.358 e. The Morgan fingerprint density at radius 3 is 1.00 bits per heavy atom. The maximum absolute atomic E-state index is 3.25. The Balaban J connectivity index is -0.00000000167. The van der Waals surface area contributed by atoms with Crippen LogP contribution in [0, 0.1) is 14.4 Å². The second-order valence-electron chi connectivity index (χ2n) is 0. The van der Waals surface area contributed by atoms with Crippen molar-refractivity contribution in [3.8, 4) is 0 Å². The maximum atomic E-state index is 3.25. The van der Waals surface area contributed by atoms with Gasteiger partial charge in [0.05, 0.1) is 0 Å². The molecular weight excluding hydrogens is 49.9 g/mol. The summed E-state index contributed by atoms with van der Waals surface area (Å²) in [6, 6.07) is 0. The van der Waals surface area contributed by atoms with Crippen molar-refractivity contribution in [2.45, 2.75) is 6.92 Å². The molecule has 0 aliphatic rings. The van der Waals surface area contributed by atoms with Crippen molar-refractivity contribution in [2.24, 2.45) is 0 Å². The molecule has 0 unspecified atom stereocenters. The molecule has 0 aliphatic carbocycles. The quantitative estimate of drug-likeness (QED) is 0.194. The molecule has 0 rings (SSSR count). The maximum Gasteiger partial charge on any atom is 1.00 e. The fraction of sp³-hybridized carbons (Fsp3) is 0.333. The van der Waals surface area contributed by atoms with E-state index in [0.717, 1.165) is 0 Å². The van der Waals surface area contributed by atoms with Crippen LogP contribution in [0.4, 0.5) is 0 Å². The van der Waals surface area contributed by atoms with E-state index in [2.05, 4.69) is 6.92 Å². The molecule has 0 nitrogen and oxygen atoms in total. The third-order valence-electron chi connectivity index (χ3n) is 0. The molecule has 0 fully saturated rings. The summed E-state index contributed by atoms with van der Waals surface area (Å²) in [5.74, 6) is 0. The van der Waals surface area contributed by atoms with Crippen molar-refractivity contribution in [2.75, 3.05) is 0 Å². The van der Waals surface area contributed by atoms with E-state index in [1.807, 2.05) is 0 Å². The first-order valence-electron chi connectivity index (χ1n) is 0.707. The molecule has 0 saturated heterocycles. The van der Waals surface area contributed by atoms with E-state index in [1.165, 1.54) is 0 Å². The average molecular weight is 58.0 g/mol. The van der Waals surface area contributed by atoms with E-state index >= 15 is 0 Å². The summed E-state index contributed by atoms with van der Waals surface area (Å²) in [6.45, 7) is 5.00. The number of hydrogen-bond donors (Lipinski definition) is 0. The van der Waals surface area contributed by atoms with E-state index in [-0.39, 0.29) is 45.1 Å². The van der Waals surface area contributed by atoms with Crippen molar-refractivity contribution in [1.29, 1.82) is 0 Å². The Labute approximate surface area is 59.1 Å². The third kappa shape index (κ3) is 37.1. The van der Waals surface area contributed by atoms with Gasteiger partial charge in [-0.15, -0.1) is 0 Å². The molecule has 0 aromatic rings. The van der Waals surface area contributed by atoms with Crippen molar-refractivity contribution in [3.05, 3.63) is 14.4 Å². The third-order valence-corrected chi connectivity index (χ3v) is 0. The Morgan fingerprint density at radius 1 is 1.00 bits per heavy atom. The fourth-order valence-electron chi connectivity index (χ4n) is 0. The standard InChI is InChI=1S/C2H5.CH3.2Li/c1-2;;;/h1H2,2H3;1H3;;/q2*-1;2*+1. The van der Waals surface area contributed by atoms with Crippen molar-refractivity contribution >= 4 is 0 Å². The Morgan fingerprint density at radius 2 is 1.00 bits per heavy atom. The Hall–Kier alpha value is 1.19. The van der Waals surface area contributed by atoms with Crippen LogP contribution in [-0.4, -0.2) is 0 Å². The molecule has 22 valence electrons. The number of rotatable bonds is 0. The molecule has 0 N–H and O–H groups in total. The van der Waals surface area contributed by atoms with Crippen LogP contribution in [0.25, 0.3) is 0 Å². The first kappa shape index (κ1) is 34.7. The van der Waals surface area contributed by atoms with Gasteiger partial charge in [0.1, 0.15) is 0 Å². The van der Waals surface area contributed by atoms with Gasteiger partial charge in [-0.05, 0) is 0 Å². The second kappa shape index (κ2) is 64.0. The molecule has 2 heteroatoms. The molecule has 5 heavy (non-hydrogen) atoms. The average Bonchev–Trinajstić information content (AvgIpc) is 1.00. The first-order chi connectivity index (χ1) is 1.00. The van der Waals surface area contributed by atoms with Gasteiger partial charge in [-0.3, -0.25) is 0 Å². The topological polar surface area (TPSA) is 0 Å². The normalized spacial score (nSPS) is 1.20. The van der Waals surface area contributed by atoms with E-state index in [9.17, 15) is 0 Å². The molecule has 0 aromatic heterocycles. The molecule has 0 spiro atoms. The second-order valence-corrected chi connectivity index (χ2v) is 0. The predicted molar refractivity (Wildman–Crippen MR) is 17.4 cm³/mol. The summed E-state index contributed by atoms with van der Waals surface area (Å²) in [7, 11) is 0. The van der Waals surface area contributed by atoms with Crippen LogP contribution in [0.2, 0.25) is 0 Å². The number of hydrogen-bond acceptors (Lipinski definition) is 0. The van der Waals surface area contributed by atoms with E-state index < -0.39 is 0 Å². The molecule has 0 amide bonds. The van der Waals surface area contributed by atoms with Crippen molar-refractivity contribution in [3.63, 3.8) is 0 Å². The van der Waals surface area contributed by atoms with Crippen LogP contribution in [0.1, 0.15) is 6.92 Å². The largest absolute Gasteiger partial charge is 1.00 e. The predicted octanol–water partition coefficient (Wildman–Crippen LogP) is -4.70. The van der Waals surface area contributed by atoms with Crippen LogP contribution in [-0.2, 0) is 0 Å². The molecule has 0 heterocycles. The van der Waals surface area contributed by atoms with Crippen molar-refractivity contribution in [1.82, 2.24) is 0 Å². The van der Waals surface area contributed by atoms with Crippen molar-refractivity contribution < 1.29 is 37.7 Å². The van der Waals surface area contributed by atoms with Crippen LogP contribution in [0.3, 0.4) is 0 Å². The molecule has 0 radical (unpaired) electrons. The molecule has 0 saturated carbocycles. The first-order valence-corrected chi connectivity index (χ1v) is 0.707. The van der Waals surface area contributed by atoms with Crippen LogP contribution >= 0.6 is 0 Å². The molecule has 0 bridgehead atoms. The van der Waals surface area contributed by atoms with E-state index in [4.69, 9.17) is 0 Å². The molecule has 0 aliphatic heterocycles. The van der Waals surface area contributed by atoms with Crippen LogP contribution < -0.4 is 37.7 Å². The van der Waals surface area contributed by atoms with Gasteiger partial charge in [-0.2, -0.15) is 6.92 Å². The molecule has 0 aromatic carbocycles. The zero-order valence-electron chi connectivity index (χ0n) is 4.71. The van der Waals surface area contributed by atoms with Gasteiger partial charge in [0.2, 0.25) is 0 Å². The molecular formula is C3H8Li2. The van der Waals surface area contributed by atoms with Gasteiger partial charge in [-0.1, -0.05) is 0 Å². The van der Waals surface area contributed by atoms with Gasteiger partial charge < -0.3 is 14.4 Å².